The summed E-state index contributed by atoms with van der Waals surface area (Å²) in [5.74, 6) is -0.519. The molecule has 1 aliphatic heterocycles. The predicted octanol–water partition coefficient (Wildman–Crippen LogP) is 1.37. The first kappa shape index (κ1) is 19.5. The van der Waals surface area contributed by atoms with Crippen molar-refractivity contribution in [1.29, 1.82) is 0 Å². The lowest BCUT2D eigenvalue weighted by Crippen LogP contribution is -2.33. The molecule has 0 bridgehead atoms. The van der Waals surface area contributed by atoms with Crippen LogP contribution in [0.2, 0.25) is 0 Å². The molecule has 1 heterocycles. The molecule has 0 saturated heterocycles. The van der Waals surface area contributed by atoms with Gasteiger partial charge >= 0.3 is 0 Å². The first-order chi connectivity index (χ1) is 12.3. The van der Waals surface area contributed by atoms with Crippen LogP contribution >= 0.6 is 0 Å². The molecule has 25 heavy (non-hydrogen) atoms. The number of carbonyl (C=O) groups is 2. The summed E-state index contributed by atoms with van der Waals surface area (Å²) < 4.78 is 21.2. The number of carbonyl (C=O) groups excluding carboxylic acids is 2. The van der Waals surface area contributed by atoms with Crippen LogP contribution in [0.1, 0.15) is 27.6 Å². The molecule has 0 unspecified atom stereocenters. The summed E-state index contributed by atoms with van der Waals surface area (Å²) in [6.07, 6.45) is 0. The second-order valence-corrected chi connectivity index (χ2v) is 5.34. The first-order valence-corrected chi connectivity index (χ1v) is 8.52. The quantitative estimate of drug-likeness (QED) is 0.395. The van der Waals surface area contributed by atoms with Gasteiger partial charge in [0.1, 0.15) is 0 Å². The molecule has 138 valence electrons. The van der Waals surface area contributed by atoms with Gasteiger partial charge in [-0.05, 0) is 19.1 Å². The van der Waals surface area contributed by atoms with Crippen LogP contribution in [0.4, 0.5) is 0 Å². The highest BCUT2D eigenvalue weighted by atomic mass is 16.6. The van der Waals surface area contributed by atoms with Crippen LogP contribution in [0.15, 0.2) is 24.3 Å². The summed E-state index contributed by atoms with van der Waals surface area (Å²) >= 11 is 0. The third-order valence-electron chi connectivity index (χ3n) is 3.66. The van der Waals surface area contributed by atoms with Crippen LogP contribution in [-0.4, -0.2) is 76.1 Å². The Labute approximate surface area is 147 Å². The Morgan fingerprint density at radius 1 is 0.720 bits per heavy atom. The van der Waals surface area contributed by atoms with Crippen LogP contribution in [0.25, 0.3) is 0 Å². The second-order valence-electron chi connectivity index (χ2n) is 5.34. The topological polar surface area (TPSA) is 74.3 Å². The highest BCUT2D eigenvalue weighted by Gasteiger charge is 2.34. The molecule has 1 aliphatic rings. The number of rotatable bonds is 13. The molecule has 0 radical (unpaired) electrons. The summed E-state index contributed by atoms with van der Waals surface area (Å²) in [4.78, 5) is 25.5. The van der Waals surface area contributed by atoms with Crippen molar-refractivity contribution in [2.45, 2.75) is 6.92 Å². The minimum Gasteiger partial charge on any atom is -0.379 e. The lowest BCUT2D eigenvalue weighted by Gasteiger charge is -2.13. The third kappa shape index (κ3) is 5.89. The van der Waals surface area contributed by atoms with Crippen molar-refractivity contribution < 1.29 is 28.5 Å². The summed E-state index contributed by atoms with van der Waals surface area (Å²) in [6, 6.07) is 6.84. The van der Waals surface area contributed by atoms with E-state index in [1.165, 1.54) is 4.90 Å². The molecule has 0 spiro atoms. The molecule has 7 heteroatoms. The Hall–Kier alpha value is -1.80. The van der Waals surface area contributed by atoms with E-state index in [-0.39, 0.29) is 18.4 Å². The molecule has 0 atom stereocenters. The second kappa shape index (κ2) is 10.9. The highest BCUT2D eigenvalue weighted by molar-refractivity contribution is 6.21. The summed E-state index contributed by atoms with van der Waals surface area (Å²) in [5.41, 5.74) is 0.917. The SMILES string of the molecule is CCOCCOCCOCCOCCN1C(=O)c2ccccc2C1=O. The average molecular weight is 351 g/mol. The molecule has 0 aromatic heterocycles. The van der Waals surface area contributed by atoms with E-state index in [4.69, 9.17) is 18.9 Å². The van der Waals surface area contributed by atoms with Crippen molar-refractivity contribution in [2.24, 2.45) is 0 Å². The smallest absolute Gasteiger partial charge is 0.261 e. The summed E-state index contributed by atoms with van der Waals surface area (Å²) in [7, 11) is 0. The lowest BCUT2D eigenvalue weighted by atomic mass is 10.1. The maximum atomic E-state index is 12.1. The molecule has 1 aromatic carbocycles. The number of ether oxygens (including phenoxy) is 4. The molecular formula is C18H25NO6. The van der Waals surface area contributed by atoms with Gasteiger partial charge in [0, 0.05) is 6.61 Å². The number of hydrogen-bond acceptors (Lipinski definition) is 6. The fraction of sp³-hybridized carbons (Fsp3) is 0.556. The van der Waals surface area contributed by atoms with Gasteiger partial charge in [-0.1, -0.05) is 12.1 Å². The van der Waals surface area contributed by atoms with Gasteiger partial charge in [-0.3, -0.25) is 14.5 Å². The number of benzene rings is 1. The molecule has 7 nitrogen and oxygen atoms in total. The zero-order valence-corrected chi connectivity index (χ0v) is 14.6. The number of hydrogen-bond donors (Lipinski definition) is 0. The van der Waals surface area contributed by atoms with E-state index < -0.39 is 0 Å². The van der Waals surface area contributed by atoms with E-state index in [0.29, 0.717) is 64.0 Å². The Morgan fingerprint density at radius 2 is 1.16 bits per heavy atom. The van der Waals surface area contributed by atoms with Crippen molar-refractivity contribution in [1.82, 2.24) is 4.90 Å². The van der Waals surface area contributed by atoms with Crippen molar-refractivity contribution in [3.05, 3.63) is 35.4 Å². The average Bonchev–Trinajstić information content (AvgIpc) is 2.87. The zero-order valence-electron chi connectivity index (χ0n) is 14.6. The normalized spacial score (nSPS) is 13.6. The molecule has 1 aromatic rings. The first-order valence-electron chi connectivity index (χ1n) is 8.52. The van der Waals surface area contributed by atoms with Gasteiger partial charge in [0.15, 0.2) is 0 Å². The maximum absolute atomic E-state index is 12.1. The Bertz CT molecular complexity index is 527. The van der Waals surface area contributed by atoms with Gasteiger partial charge in [0.25, 0.3) is 11.8 Å². The van der Waals surface area contributed by atoms with Crippen molar-refractivity contribution >= 4 is 11.8 Å². The van der Waals surface area contributed by atoms with Gasteiger partial charge in [-0.15, -0.1) is 0 Å². The summed E-state index contributed by atoms with van der Waals surface area (Å²) in [6.45, 7) is 6.18. The minimum atomic E-state index is -0.260. The number of amides is 2. The monoisotopic (exact) mass is 351 g/mol. The molecule has 0 N–H and O–H groups in total. The summed E-state index contributed by atoms with van der Waals surface area (Å²) in [5, 5.41) is 0. The molecular weight excluding hydrogens is 326 g/mol. The van der Waals surface area contributed by atoms with Crippen LogP contribution in [-0.2, 0) is 18.9 Å². The lowest BCUT2D eigenvalue weighted by molar-refractivity contribution is -0.00200. The van der Waals surface area contributed by atoms with E-state index >= 15 is 0 Å². The van der Waals surface area contributed by atoms with E-state index in [2.05, 4.69) is 0 Å². The Balaban J connectivity index is 1.49. The van der Waals surface area contributed by atoms with Crippen LogP contribution in [0, 0.1) is 0 Å². The van der Waals surface area contributed by atoms with Gasteiger partial charge < -0.3 is 18.9 Å². The van der Waals surface area contributed by atoms with E-state index in [0.717, 1.165) is 0 Å². The van der Waals surface area contributed by atoms with E-state index in [1.807, 2.05) is 6.92 Å². The number of nitrogens with zero attached hydrogens (tertiary/aromatic N) is 1. The Morgan fingerprint density at radius 3 is 1.64 bits per heavy atom. The van der Waals surface area contributed by atoms with Crippen molar-refractivity contribution in [3.8, 4) is 0 Å². The molecule has 2 amide bonds. The third-order valence-corrected chi connectivity index (χ3v) is 3.66. The highest BCUT2D eigenvalue weighted by Crippen LogP contribution is 2.21. The van der Waals surface area contributed by atoms with Crippen LogP contribution < -0.4 is 0 Å². The molecule has 0 saturated carbocycles. The van der Waals surface area contributed by atoms with Crippen molar-refractivity contribution in [3.63, 3.8) is 0 Å². The van der Waals surface area contributed by atoms with Crippen molar-refractivity contribution in [2.75, 3.05) is 59.4 Å². The fourth-order valence-electron chi connectivity index (χ4n) is 2.40. The van der Waals surface area contributed by atoms with Crippen LogP contribution in [0.3, 0.4) is 0 Å². The standard InChI is InChI=1S/C18H25NO6/c1-2-22-9-10-24-13-14-25-12-11-23-8-7-19-17(20)15-5-3-4-6-16(15)18(19)21/h3-6H,2,7-14H2,1H3. The van der Waals surface area contributed by atoms with Gasteiger partial charge in [0.2, 0.25) is 0 Å². The largest absolute Gasteiger partial charge is 0.379 e. The van der Waals surface area contributed by atoms with E-state index in [1.54, 1.807) is 24.3 Å². The van der Waals surface area contributed by atoms with Gasteiger partial charge in [0.05, 0.1) is 63.9 Å². The van der Waals surface area contributed by atoms with Gasteiger partial charge in [-0.2, -0.15) is 0 Å². The maximum Gasteiger partial charge on any atom is 0.261 e. The van der Waals surface area contributed by atoms with E-state index in [9.17, 15) is 9.59 Å². The molecule has 2 rings (SSSR count). The van der Waals surface area contributed by atoms with Crippen LogP contribution in [0.5, 0.6) is 0 Å². The number of imide groups is 1. The predicted molar refractivity (Wildman–Crippen MR) is 90.8 cm³/mol. The number of fused-ring (bicyclic) bond motifs is 1. The minimum absolute atomic E-state index is 0.243. The molecule has 0 aliphatic carbocycles. The fourth-order valence-corrected chi connectivity index (χ4v) is 2.40. The zero-order chi connectivity index (χ0) is 17.9. The molecule has 0 fully saturated rings. The van der Waals surface area contributed by atoms with Gasteiger partial charge in [-0.25, -0.2) is 0 Å². The Kier molecular flexibility index (Phi) is 8.54.